The first-order chi connectivity index (χ1) is 9.17. The van der Waals surface area contributed by atoms with Crippen molar-refractivity contribution in [1.29, 1.82) is 0 Å². The van der Waals surface area contributed by atoms with Crippen LogP contribution < -0.4 is 10.5 Å². The van der Waals surface area contributed by atoms with Crippen LogP contribution in [0.2, 0.25) is 0 Å². The Hall–Kier alpha value is -1.45. The van der Waals surface area contributed by atoms with E-state index in [-0.39, 0.29) is 28.5 Å². The maximum atomic E-state index is 11.9. The number of sulfone groups is 1. The van der Waals surface area contributed by atoms with Crippen LogP contribution in [0.25, 0.3) is 0 Å². The van der Waals surface area contributed by atoms with Crippen LogP contribution in [0.1, 0.15) is 6.42 Å². The molecule has 0 aromatic heterocycles. The molecule has 1 atom stereocenters. The van der Waals surface area contributed by atoms with Gasteiger partial charge in [-0.15, -0.1) is 0 Å². The smallest absolute Gasteiger partial charge is 0.238 e. The zero-order valence-electron chi connectivity index (χ0n) is 10.4. The third kappa shape index (κ3) is 3.56. The number of anilines is 1. The number of sulfonamides is 1. The number of carbonyl (C=O) groups is 1. The molecule has 9 heteroatoms. The lowest BCUT2D eigenvalue weighted by Gasteiger charge is -2.10. The van der Waals surface area contributed by atoms with E-state index >= 15 is 0 Å². The van der Waals surface area contributed by atoms with Gasteiger partial charge in [-0.3, -0.25) is 4.79 Å². The van der Waals surface area contributed by atoms with Gasteiger partial charge in [-0.1, -0.05) is 6.07 Å². The minimum atomic E-state index is -3.85. The number of carbonyl (C=O) groups excluding carboxylic acids is 1. The standard InChI is InChI=1S/C11H14N2O5S2/c12-20(17,18)10-3-1-2-9(6-10)13-11(14)8-4-5-19(15,16)7-8/h1-3,6,8H,4-5,7H2,(H,13,14)(H2,12,17,18). The third-order valence-corrected chi connectivity index (χ3v) is 5.71. The number of nitrogens with one attached hydrogen (secondary N) is 1. The zero-order valence-corrected chi connectivity index (χ0v) is 12.1. The van der Waals surface area contributed by atoms with Gasteiger partial charge < -0.3 is 5.32 Å². The normalized spacial score (nSPS) is 21.6. The predicted molar refractivity (Wildman–Crippen MR) is 73.2 cm³/mol. The summed E-state index contributed by atoms with van der Waals surface area (Å²) in [7, 11) is -6.99. The van der Waals surface area contributed by atoms with Gasteiger partial charge in [0.1, 0.15) is 0 Å². The summed E-state index contributed by atoms with van der Waals surface area (Å²) in [6.07, 6.45) is 0.281. The van der Waals surface area contributed by atoms with Crippen LogP contribution in [0.15, 0.2) is 29.2 Å². The molecule has 1 amide bonds. The van der Waals surface area contributed by atoms with Crippen molar-refractivity contribution < 1.29 is 21.6 Å². The lowest BCUT2D eigenvalue weighted by atomic mass is 10.1. The molecule has 1 saturated heterocycles. The molecule has 2 rings (SSSR count). The molecule has 1 aliphatic rings. The van der Waals surface area contributed by atoms with Crippen molar-refractivity contribution in [2.24, 2.45) is 11.1 Å². The van der Waals surface area contributed by atoms with Crippen molar-refractivity contribution in [2.75, 3.05) is 16.8 Å². The fourth-order valence-electron chi connectivity index (χ4n) is 2.00. The second-order valence-corrected chi connectivity index (χ2v) is 8.45. The molecule has 0 bridgehead atoms. The Labute approximate surface area is 117 Å². The van der Waals surface area contributed by atoms with Crippen LogP contribution in [-0.4, -0.2) is 34.2 Å². The second-order valence-electron chi connectivity index (χ2n) is 4.66. The highest BCUT2D eigenvalue weighted by Crippen LogP contribution is 2.21. The predicted octanol–water partition coefficient (Wildman–Crippen LogP) is -0.293. The fourth-order valence-corrected chi connectivity index (χ4v) is 4.30. The zero-order chi connectivity index (χ0) is 15.0. The highest BCUT2D eigenvalue weighted by Gasteiger charge is 2.32. The van der Waals surface area contributed by atoms with Gasteiger partial charge in [-0.05, 0) is 24.6 Å². The Morgan fingerprint density at radius 2 is 2.05 bits per heavy atom. The van der Waals surface area contributed by atoms with E-state index in [1.165, 1.54) is 24.3 Å². The highest BCUT2D eigenvalue weighted by atomic mass is 32.2. The molecule has 1 aliphatic heterocycles. The first-order valence-corrected chi connectivity index (χ1v) is 9.18. The summed E-state index contributed by atoms with van der Waals surface area (Å²) in [5.41, 5.74) is 0.269. The Morgan fingerprint density at radius 3 is 2.60 bits per heavy atom. The number of amides is 1. The molecule has 110 valence electrons. The Kier molecular flexibility index (Phi) is 3.85. The van der Waals surface area contributed by atoms with Crippen molar-refractivity contribution >= 4 is 31.5 Å². The van der Waals surface area contributed by atoms with Crippen molar-refractivity contribution in [3.05, 3.63) is 24.3 Å². The SMILES string of the molecule is NS(=O)(=O)c1cccc(NC(=O)C2CCS(=O)(=O)C2)c1. The van der Waals surface area contributed by atoms with Gasteiger partial charge in [-0.25, -0.2) is 22.0 Å². The Balaban J connectivity index is 2.13. The van der Waals surface area contributed by atoms with Crippen LogP contribution >= 0.6 is 0 Å². The van der Waals surface area contributed by atoms with E-state index in [0.717, 1.165) is 0 Å². The molecule has 0 radical (unpaired) electrons. The number of benzene rings is 1. The van der Waals surface area contributed by atoms with Crippen LogP contribution in [0.5, 0.6) is 0 Å². The maximum absolute atomic E-state index is 11.9. The second kappa shape index (κ2) is 5.15. The van der Waals surface area contributed by atoms with E-state index in [0.29, 0.717) is 0 Å². The summed E-state index contributed by atoms with van der Waals surface area (Å²) < 4.78 is 45.0. The van der Waals surface area contributed by atoms with E-state index in [1.54, 1.807) is 0 Å². The summed E-state index contributed by atoms with van der Waals surface area (Å²) in [6, 6.07) is 5.50. The average Bonchev–Trinajstić information content (AvgIpc) is 2.69. The summed E-state index contributed by atoms with van der Waals surface area (Å²) in [5.74, 6) is -1.20. The number of rotatable bonds is 3. The van der Waals surface area contributed by atoms with Crippen molar-refractivity contribution in [3.8, 4) is 0 Å². The number of nitrogens with two attached hydrogens (primary N) is 1. The fraction of sp³-hybridized carbons (Fsp3) is 0.364. The molecule has 20 heavy (non-hydrogen) atoms. The van der Waals surface area contributed by atoms with Crippen LogP contribution in [0, 0.1) is 5.92 Å². The minimum Gasteiger partial charge on any atom is -0.326 e. The molecule has 7 nitrogen and oxygen atoms in total. The number of primary sulfonamides is 1. The molecule has 1 unspecified atom stereocenters. The van der Waals surface area contributed by atoms with E-state index in [9.17, 15) is 21.6 Å². The molecule has 3 N–H and O–H groups in total. The van der Waals surface area contributed by atoms with Crippen LogP contribution in [0.4, 0.5) is 5.69 Å². The molecule has 0 aliphatic carbocycles. The summed E-state index contributed by atoms with van der Waals surface area (Å²) in [6.45, 7) is 0. The van der Waals surface area contributed by atoms with Crippen LogP contribution in [-0.2, 0) is 24.7 Å². The molecular weight excluding hydrogens is 304 g/mol. The minimum absolute atomic E-state index is 0.00229. The molecule has 0 saturated carbocycles. The van der Waals surface area contributed by atoms with Gasteiger partial charge in [0.15, 0.2) is 9.84 Å². The number of hydrogen-bond donors (Lipinski definition) is 2. The highest BCUT2D eigenvalue weighted by molar-refractivity contribution is 7.91. The maximum Gasteiger partial charge on any atom is 0.238 e. The first-order valence-electron chi connectivity index (χ1n) is 5.81. The van der Waals surface area contributed by atoms with Gasteiger partial charge in [-0.2, -0.15) is 0 Å². The largest absolute Gasteiger partial charge is 0.326 e. The van der Waals surface area contributed by atoms with Gasteiger partial charge in [0, 0.05) is 5.69 Å². The monoisotopic (exact) mass is 318 g/mol. The molecule has 1 heterocycles. The van der Waals surface area contributed by atoms with Crippen molar-refractivity contribution in [3.63, 3.8) is 0 Å². The molecule has 0 spiro atoms. The Morgan fingerprint density at radius 1 is 1.35 bits per heavy atom. The van der Waals surface area contributed by atoms with Gasteiger partial charge in [0.2, 0.25) is 15.9 Å². The van der Waals surface area contributed by atoms with E-state index in [4.69, 9.17) is 5.14 Å². The Bertz CT molecular complexity index is 740. The lowest BCUT2D eigenvalue weighted by Crippen LogP contribution is -2.24. The third-order valence-electron chi connectivity index (χ3n) is 3.03. The van der Waals surface area contributed by atoms with Gasteiger partial charge >= 0.3 is 0 Å². The molecular formula is C11H14N2O5S2. The lowest BCUT2D eigenvalue weighted by molar-refractivity contribution is -0.119. The summed E-state index contributed by atoms with van der Waals surface area (Å²) in [4.78, 5) is 11.8. The van der Waals surface area contributed by atoms with E-state index in [2.05, 4.69) is 5.32 Å². The molecule has 1 fully saturated rings. The van der Waals surface area contributed by atoms with Gasteiger partial charge in [0.05, 0.1) is 22.3 Å². The topological polar surface area (TPSA) is 123 Å². The van der Waals surface area contributed by atoms with Gasteiger partial charge in [0.25, 0.3) is 0 Å². The molecule has 1 aromatic carbocycles. The number of hydrogen-bond acceptors (Lipinski definition) is 5. The summed E-state index contributed by atoms with van der Waals surface area (Å²) >= 11 is 0. The average molecular weight is 318 g/mol. The van der Waals surface area contributed by atoms with Crippen LogP contribution in [0.3, 0.4) is 0 Å². The first kappa shape index (κ1) is 14.9. The molecule has 1 aromatic rings. The summed E-state index contributed by atoms with van der Waals surface area (Å²) in [5, 5.41) is 7.51. The van der Waals surface area contributed by atoms with E-state index in [1.807, 2.05) is 0 Å². The van der Waals surface area contributed by atoms with Crippen molar-refractivity contribution in [2.45, 2.75) is 11.3 Å². The van der Waals surface area contributed by atoms with Crippen molar-refractivity contribution in [1.82, 2.24) is 0 Å². The van der Waals surface area contributed by atoms with E-state index < -0.39 is 31.7 Å². The quantitative estimate of drug-likeness (QED) is 0.792.